The van der Waals surface area contributed by atoms with E-state index in [0.29, 0.717) is 56.3 Å². The number of benzene rings is 11. The molecule has 0 bridgehead atoms. The third-order valence-electron chi connectivity index (χ3n) is 14.9. The van der Waals surface area contributed by atoms with Crippen molar-refractivity contribution in [2.45, 2.75) is 0 Å². The number of fused-ring (bicyclic) bond motifs is 3. The molecule has 9 nitrogen and oxygen atoms in total. The molecule has 0 amide bonds. The summed E-state index contributed by atoms with van der Waals surface area (Å²) in [5.41, 5.74) is 17.3. The van der Waals surface area contributed by atoms with E-state index in [4.69, 9.17) is 9.97 Å². The number of nitriles is 4. The highest BCUT2D eigenvalue weighted by Crippen LogP contribution is 2.44. The average molecular weight is 1060 g/mol. The van der Waals surface area contributed by atoms with Crippen molar-refractivity contribution in [2.24, 2.45) is 0 Å². The molecule has 0 aliphatic rings. The zero-order valence-electron chi connectivity index (χ0n) is 44.5. The van der Waals surface area contributed by atoms with Crippen LogP contribution in [-0.4, -0.2) is 14.5 Å². The van der Waals surface area contributed by atoms with Gasteiger partial charge in [0.1, 0.15) is 6.07 Å². The molecule has 9 heteroatoms. The van der Waals surface area contributed by atoms with E-state index in [1.807, 2.05) is 164 Å². The topological polar surface area (TPSA) is 132 Å². The zero-order chi connectivity index (χ0) is 56.2. The minimum atomic E-state index is 0.419. The summed E-state index contributed by atoms with van der Waals surface area (Å²) in [6.07, 6.45) is 0. The highest BCUT2D eigenvalue weighted by Gasteiger charge is 2.23. The van der Waals surface area contributed by atoms with E-state index >= 15 is 0 Å². The van der Waals surface area contributed by atoms with Crippen molar-refractivity contribution in [1.82, 2.24) is 14.5 Å². The standard InChI is InChI=1S/C74H45N9/c75-46-50-15-13-17-56(39-50)70-45-69(79-74(80-70)57-18-14-16-51(40-57)47-76)55-33-29-53(30-34-55)52-27-31-54(32-28-52)66-41-59(49-78)73(42-58(66)48-77)83-71-37-35-64(81(60-19-5-1-6-20-60)61-21-7-2-8-22-61)43-67(71)68-44-65(36-38-72(68)83)82(62-23-9-3-10-24-62)63-25-11-4-12-26-63/h1-45H. The maximum atomic E-state index is 11.1. The molecule has 83 heavy (non-hydrogen) atoms. The van der Waals surface area contributed by atoms with Crippen LogP contribution < -0.4 is 9.80 Å². The molecule has 0 atom stereocenters. The second kappa shape index (κ2) is 21.9. The molecular formula is C74H45N9. The van der Waals surface area contributed by atoms with Gasteiger partial charge in [-0.05, 0) is 144 Å². The summed E-state index contributed by atoms with van der Waals surface area (Å²) in [6.45, 7) is 0. The van der Waals surface area contributed by atoms with Crippen LogP contribution in [0.5, 0.6) is 0 Å². The van der Waals surface area contributed by atoms with Crippen LogP contribution >= 0.6 is 0 Å². The third-order valence-corrected chi connectivity index (χ3v) is 14.9. The first kappa shape index (κ1) is 50.4. The highest BCUT2D eigenvalue weighted by atomic mass is 15.1. The van der Waals surface area contributed by atoms with Crippen molar-refractivity contribution in [2.75, 3.05) is 9.80 Å². The van der Waals surface area contributed by atoms with Crippen molar-refractivity contribution in [3.05, 3.63) is 295 Å². The molecule has 0 spiro atoms. The van der Waals surface area contributed by atoms with Crippen LogP contribution in [0.4, 0.5) is 34.1 Å². The number of para-hydroxylation sites is 4. The predicted octanol–water partition coefficient (Wildman–Crippen LogP) is 18.3. The Balaban J connectivity index is 0.887. The van der Waals surface area contributed by atoms with Crippen molar-refractivity contribution in [3.8, 4) is 86.1 Å². The van der Waals surface area contributed by atoms with E-state index in [1.54, 1.807) is 24.3 Å². The molecular weight excluding hydrogens is 1010 g/mol. The molecule has 2 heterocycles. The van der Waals surface area contributed by atoms with Crippen LogP contribution in [-0.2, 0) is 0 Å². The molecule has 0 aliphatic carbocycles. The molecule has 13 rings (SSSR count). The molecule has 0 saturated heterocycles. The second-order valence-corrected chi connectivity index (χ2v) is 19.9. The first-order chi connectivity index (χ1) is 40.9. The van der Waals surface area contributed by atoms with Crippen LogP contribution in [0.25, 0.3) is 83.6 Å². The Morgan fingerprint density at radius 2 is 0.723 bits per heavy atom. The molecule has 0 unspecified atom stereocenters. The molecule has 2 aromatic heterocycles. The number of hydrogen-bond acceptors (Lipinski definition) is 8. The Morgan fingerprint density at radius 1 is 0.301 bits per heavy atom. The molecule has 0 radical (unpaired) electrons. The van der Waals surface area contributed by atoms with Gasteiger partial charge >= 0.3 is 0 Å². The van der Waals surface area contributed by atoms with Gasteiger partial charge in [-0.15, -0.1) is 0 Å². The van der Waals surface area contributed by atoms with E-state index in [1.165, 1.54) is 0 Å². The van der Waals surface area contributed by atoms with Crippen molar-refractivity contribution in [1.29, 1.82) is 21.0 Å². The van der Waals surface area contributed by atoms with Gasteiger partial charge in [0.05, 0.1) is 68.6 Å². The maximum absolute atomic E-state index is 11.1. The summed E-state index contributed by atoms with van der Waals surface area (Å²) >= 11 is 0. The summed E-state index contributed by atoms with van der Waals surface area (Å²) in [4.78, 5) is 14.4. The van der Waals surface area contributed by atoms with Gasteiger partial charge in [-0.3, -0.25) is 0 Å². The normalized spacial score (nSPS) is 10.8. The average Bonchev–Trinajstić information content (AvgIpc) is 2.78. The summed E-state index contributed by atoms with van der Waals surface area (Å²) in [6, 6.07) is 100. The Kier molecular flexibility index (Phi) is 13.3. The molecule has 386 valence electrons. The number of hydrogen-bond donors (Lipinski definition) is 0. The van der Waals surface area contributed by atoms with E-state index in [0.717, 1.165) is 83.7 Å². The van der Waals surface area contributed by atoms with Crippen LogP contribution in [0, 0.1) is 45.3 Å². The Labute approximate surface area is 480 Å². The van der Waals surface area contributed by atoms with Crippen LogP contribution in [0.1, 0.15) is 22.3 Å². The first-order valence-corrected chi connectivity index (χ1v) is 26.9. The molecule has 11 aromatic carbocycles. The van der Waals surface area contributed by atoms with E-state index < -0.39 is 0 Å². The minimum absolute atomic E-state index is 0.419. The van der Waals surface area contributed by atoms with Gasteiger partial charge in [-0.1, -0.05) is 146 Å². The lowest BCUT2D eigenvalue weighted by Gasteiger charge is -2.26. The van der Waals surface area contributed by atoms with Gasteiger partial charge < -0.3 is 14.4 Å². The van der Waals surface area contributed by atoms with Crippen LogP contribution in [0.2, 0.25) is 0 Å². The van der Waals surface area contributed by atoms with Gasteiger partial charge in [0.25, 0.3) is 0 Å². The largest absolute Gasteiger partial charge is 0.310 e. The van der Waals surface area contributed by atoms with Crippen molar-refractivity contribution >= 4 is 55.9 Å². The number of aromatic nitrogens is 3. The third kappa shape index (κ3) is 9.73. The van der Waals surface area contributed by atoms with Crippen LogP contribution in [0.3, 0.4) is 0 Å². The summed E-state index contributed by atoms with van der Waals surface area (Å²) in [5.74, 6) is 0.462. The van der Waals surface area contributed by atoms with Gasteiger partial charge in [0.15, 0.2) is 5.82 Å². The number of nitrogens with zero attached hydrogens (tertiary/aromatic N) is 9. The lowest BCUT2D eigenvalue weighted by atomic mass is 9.94. The SMILES string of the molecule is N#Cc1cccc(-c2cc(-c3ccc(-c4ccc(-c5cc(C#N)c(-n6c7ccc(N(c8ccccc8)c8ccccc8)cc7c7cc(N(c8ccccc8)c8ccccc8)ccc76)cc5C#N)cc4)cc3)nc(-c3cccc(C#N)c3)n2)c1. The van der Waals surface area contributed by atoms with Gasteiger partial charge in [0.2, 0.25) is 0 Å². The summed E-state index contributed by atoms with van der Waals surface area (Å²) in [5, 5.41) is 43.4. The Morgan fingerprint density at radius 3 is 1.18 bits per heavy atom. The first-order valence-electron chi connectivity index (χ1n) is 26.9. The molecule has 13 aromatic rings. The minimum Gasteiger partial charge on any atom is -0.310 e. The number of anilines is 6. The van der Waals surface area contributed by atoms with E-state index in [2.05, 4.69) is 124 Å². The quantitative estimate of drug-likeness (QED) is 0.118. The fourth-order valence-electron chi connectivity index (χ4n) is 11.0. The predicted molar refractivity (Wildman–Crippen MR) is 332 cm³/mol. The second-order valence-electron chi connectivity index (χ2n) is 19.9. The molecule has 0 saturated carbocycles. The van der Waals surface area contributed by atoms with Crippen LogP contribution in [0.15, 0.2) is 273 Å². The van der Waals surface area contributed by atoms with Crippen molar-refractivity contribution in [3.63, 3.8) is 0 Å². The fourth-order valence-corrected chi connectivity index (χ4v) is 11.0. The fraction of sp³-hybridized carbons (Fsp3) is 0. The van der Waals surface area contributed by atoms with Gasteiger partial charge in [0, 0.05) is 67.2 Å². The van der Waals surface area contributed by atoms with Gasteiger partial charge in [-0.25, -0.2) is 9.97 Å². The van der Waals surface area contributed by atoms with E-state index in [-0.39, 0.29) is 0 Å². The van der Waals surface area contributed by atoms with E-state index in [9.17, 15) is 21.0 Å². The summed E-state index contributed by atoms with van der Waals surface area (Å²) < 4.78 is 2.13. The summed E-state index contributed by atoms with van der Waals surface area (Å²) in [7, 11) is 0. The highest BCUT2D eigenvalue weighted by molar-refractivity contribution is 6.12. The zero-order valence-corrected chi connectivity index (χ0v) is 44.5. The molecule has 0 fully saturated rings. The Hall–Kier alpha value is -12.1. The Bertz CT molecular complexity index is 4470. The number of rotatable bonds is 12. The molecule has 0 aliphatic heterocycles. The van der Waals surface area contributed by atoms with Crippen molar-refractivity contribution < 1.29 is 0 Å². The lowest BCUT2D eigenvalue weighted by Crippen LogP contribution is -2.09. The molecule has 0 N–H and O–H groups in total. The smallest absolute Gasteiger partial charge is 0.160 e. The maximum Gasteiger partial charge on any atom is 0.160 e. The van der Waals surface area contributed by atoms with Gasteiger partial charge in [-0.2, -0.15) is 21.0 Å². The monoisotopic (exact) mass is 1060 g/mol. The lowest BCUT2D eigenvalue weighted by molar-refractivity contribution is 1.16.